The second kappa shape index (κ2) is 6.79. The molecule has 2 amide bonds. The molecule has 0 saturated carbocycles. The zero-order valence-electron chi connectivity index (χ0n) is 14.1. The van der Waals surface area contributed by atoms with Gasteiger partial charge in [-0.25, -0.2) is 0 Å². The molecule has 9 nitrogen and oxygen atoms in total. The highest BCUT2D eigenvalue weighted by Crippen LogP contribution is 2.33. The van der Waals surface area contributed by atoms with Gasteiger partial charge in [0.1, 0.15) is 6.04 Å². The van der Waals surface area contributed by atoms with E-state index >= 15 is 0 Å². The number of nitrogens with zero attached hydrogens (tertiary/aromatic N) is 3. The number of anilines is 2. The van der Waals surface area contributed by atoms with Gasteiger partial charge in [0.05, 0.1) is 0 Å². The zero-order chi connectivity index (χ0) is 18.8. The number of nitro groups is 1. The Balaban J connectivity index is 1.88. The van der Waals surface area contributed by atoms with E-state index in [1.54, 1.807) is 12.1 Å². The summed E-state index contributed by atoms with van der Waals surface area (Å²) < 4.78 is 5.25. The number of fused-ring (bicyclic) bond motifs is 1. The summed E-state index contributed by atoms with van der Waals surface area (Å²) >= 11 is 0. The van der Waals surface area contributed by atoms with Crippen LogP contribution in [0.15, 0.2) is 36.4 Å². The molecule has 0 fully saturated rings. The highest BCUT2D eigenvalue weighted by Gasteiger charge is 2.38. The minimum atomic E-state index is -0.930. The van der Waals surface area contributed by atoms with Gasteiger partial charge in [-0.1, -0.05) is 17.7 Å². The number of hydrogen-bond donors (Lipinski definition) is 1. The number of carbonyl (C=O) groups excluding carboxylic acids is 2. The van der Waals surface area contributed by atoms with Crippen molar-refractivity contribution in [3.8, 4) is 5.75 Å². The lowest BCUT2D eigenvalue weighted by atomic mass is 10.2. The number of hydrogen-bond acceptors (Lipinski definition) is 6. The molecular weight excluding hydrogens is 340 g/mol. The van der Waals surface area contributed by atoms with Crippen LogP contribution in [0, 0.1) is 17.0 Å². The Labute approximate surface area is 148 Å². The maximum atomic E-state index is 12.6. The van der Waals surface area contributed by atoms with Crippen LogP contribution in [0.25, 0.3) is 0 Å². The largest absolute Gasteiger partial charge is 0.477 e. The molecule has 0 radical (unpaired) electrons. The molecule has 1 N–H and O–H groups in total. The highest BCUT2D eigenvalue weighted by molar-refractivity contribution is 6.06. The van der Waals surface area contributed by atoms with E-state index < -0.39 is 28.6 Å². The second-order valence-corrected chi connectivity index (χ2v) is 5.83. The van der Waals surface area contributed by atoms with Gasteiger partial charge < -0.3 is 20.2 Å². The third-order valence-electron chi connectivity index (χ3n) is 3.95. The molecule has 1 aliphatic heterocycles. The van der Waals surface area contributed by atoms with Crippen molar-refractivity contribution >= 4 is 29.1 Å². The molecule has 2 aromatic rings. The molecule has 0 bridgehead atoms. The Bertz CT molecular complexity index is 881. The van der Waals surface area contributed by atoms with Crippen LogP contribution in [-0.4, -0.2) is 34.4 Å². The molecule has 1 aromatic carbocycles. The molecule has 3 rings (SSSR count). The summed E-state index contributed by atoms with van der Waals surface area (Å²) in [6.07, 6.45) is 0. The third kappa shape index (κ3) is 3.32. The van der Waals surface area contributed by atoms with Gasteiger partial charge in [0.15, 0.2) is 12.4 Å². The summed E-state index contributed by atoms with van der Waals surface area (Å²) in [5, 5.41) is 13.7. The SMILES string of the molecule is Cc1ccc(NC(=O)C(C)N2C(=O)COc3ccc([N+](=O)[O-])nc32)cc1. The summed E-state index contributed by atoms with van der Waals surface area (Å²) in [7, 11) is 0. The predicted octanol–water partition coefficient (Wildman–Crippen LogP) is 2.05. The van der Waals surface area contributed by atoms with E-state index in [1.165, 1.54) is 19.1 Å². The Morgan fingerprint density at radius 1 is 1.31 bits per heavy atom. The summed E-state index contributed by atoms with van der Waals surface area (Å²) in [5.41, 5.74) is 1.63. The van der Waals surface area contributed by atoms with Crippen molar-refractivity contribution in [2.24, 2.45) is 0 Å². The number of ether oxygens (including phenoxy) is 1. The Morgan fingerprint density at radius 3 is 2.65 bits per heavy atom. The van der Waals surface area contributed by atoms with Gasteiger partial charge in [0.2, 0.25) is 5.91 Å². The fourth-order valence-electron chi connectivity index (χ4n) is 2.54. The smallest absolute Gasteiger partial charge is 0.366 e. The molecular formula is C17H16N4O5. The van der Waals surface area contributed by atoms with Crippen molar-refractivity contribution in [3.05, 3.63) is 52.1 Å². The van der Waals surface area contributed by atoms with Crippen LogP contribution in [0.5, 0.6) is 5.75 Å². The molecule has 26 heavy (non-hydrogen) atoms. The maximum absolute atomic E-state index is 12.6. The Morgan fingerprint density at radius 2 is 2.00 bits per heavy atom. The molecule has 1 unspecified atom stereocenters. The summed E-state index contributed by atoms with van der Waals surface area (Å²) in [5.74, 6) is -1.20. The van der Waals surface area contributed by atoms with E-state index in [1.807, 2.05) is 19.1 Å². The lowest BCUT2D eigenvalue weighted by Gasteiger charge is -2.29. The third-order valence-corrected chi connectivity index (χ3v) is 3.95. The van der Waals surface area contributed by atoms with Gasteiger partial charge in [-0.3, -0.25) is 14.5 Å². The Kier molecular flexibility index (Phi) is 4.53. The standard InChI is InChI=1S/C17H16N4O5/c1-10-3-5-12(6-4-10)18-17(23)11(2)20-15(22)9-26-13-7-8-14(21(24)25)19-16(13)20/h3-8,11H,9H2,1-2H3,(H,18,23). The lowest BCUT2D eigenvalue weighted by molar-refractivity contribution is -0.389. The minimum Gasteiger partial charge on any atom is -0.477 e. The molecule has 1 atom stereocenters. The van der Waals surface area contributed by atoms with E-state index in [9.17, 15) is 19.7 Å². The number of benzene rings is 1. The number of aryl methyl sites for hydroxylation is 1. The normalized spacial score (nSPS) is 14.2. The van der Waals surface area contributed by atoms with Crippen LogP contribution >= 0.6 is 0 Å². The first-order chi connectivity index (χ1) is 12.4. The molecule has 2 heterocycles. The van der Waals surface area contributed by atoms with Gasteiger partial charge in [-0.2, -0.15) is 0 Å². The van der Waals surface area contributed by atoms with Gasteiger partial charge in [-0.05, 0) is 42.0 Å². The molecule has 134 valence electrons. The number of nitrogens with one attached hydrogen (secondary N) is 1. The van der Waals surface area contributed by atoms with Gasteiger partial charge in [-0.15, -0.1) is 0 Å². The average Bonchev–Trinajstić information content (AvgIpc) is 2.62. The maximum Gasteiger partial charge on any atom is 0.366 e. The van der Waals surface area contributed by atoms with Crippen LogP contribution < -0.4 is 15.0 Å². The fourth-order valence-corrected chi connectivity index (χ4v) is 2.54. The first-order valence-corrected chi connectivity index (χ1v) is 7.84. The van der Waals surface area contributed by atoms with Crippen molar-refractivity contribution in [2.45, 2.75) is 19.9 Å². The van der Waals surface area contributed by atoms with Crippen LogP contribution in [0.1, 0.15) is 12.5 Å². The number of carbonyl (C=O) groups is 2. The van der Waals surface area contributed by atoms with Crippen molar-refractivity contribution < 1.29 is 19.2 Å². The highest BCUT2D eigenvalue weighted by atomic mass is 16.6. The summed E-state index contributed by atoms with van der Waals surface area (Å²) in [4.78, 5) is 40.1. The Hall–Kier alpha value is -3.49. The first kappa shape index (κ1) is 17.3. The van der Waals surface area contributed by atoms with Crippen LogP contribution in [-0.2, 0) is 9.59 Å². The van der Waals surface area contributed by atoms with Crippen molar-refractivity contribution in [3.63, 3.8) is 0 Å². The van der Waals surface area contributed by atoms with Crippen molar-refractivity contribution in [1.29, 1.82) is 0 Å². The number of rotatable bonds is 4. The monoisotopic (exact) mass is 356 g/mol. The molecule has 1 aromatic heterocycles. The lowest BCUT2D eigenvalue weighted by Crippen LogP contribution is -2.50. The zero-order valence-corrected chi connectivity index (χ0v) is 14.1. The van der Waals surface area contributed by atoms with Crippen molar-refractivity contribution in [1.82, 2.24) is 4.98 Å². The predicted molar refractivity (Wildman–Crippen MR) is 93.1 cm³/mol. The van der Waals surface area contributed by atoms with E-state index in [0.717, 1.165) is 10.5 Å². The van der Waals surface area contributed by atoms with Crippen LogP contribution in [0.3, 0.4) is 0 Å². The van der Waals surface area contributed by atoms with Crippen LogP contribution in [0.4, 0.5) is 17.3 Å². The van der Waals surface area contributed by atoms with E-state index in [0.29, 0.717) is 5.69 Å². The molecule has 1 aliphatic rings. The van der Waals surface area contributed by atoms with Gasteiger partial charge in [0, 0.05) is 11.8 Å². The fraction of sp³-hybridized carbons (Fsp3) is 0.235. The van der Waals surface area contributed by atoms with Gasteiger partial charge >= 0.3 is 5.82 Å². The van der Waals surface area contributed by atoms with Gasteiger partial charge in [0.25, 0.3) is 11.7 Å². The number of amides is 2. The number of aromatic nitrogens is 1. The quantitative estimate of drug-likeness (QED) is 0.662. The average molecular weight is 356 g/mol. The van der Waals surface area contributed by atoms with Crippen molar-refractivity contribution in [2.75, 3.05) is 16.8 Å². The molecule has 0 spiro atoms. The minimum absolute atomic E-state index is 0.0398. The van der Waals surface area contributed by atoms with Crippen LogP contribution in [0.2, 0.25) is 0 Å². The summed E-state index contributed by atoms with van der Waals surface area (Å²) in [6.45, 7) is 3.18. The number of pyridine rings is 1. The van der Waals surface area contributed by atoms with E-state index in [4.69, 9.17) is 4.74 Å². The molecule has 0 saturated heterocycles. The van der Waals surface area contributed by atoms with E-state index in [2.05, 4.69) is 10.3 Å². The summed E-state index contributed by atoms with van der Waals surface area (Å²) in [6, 6.07) is 8.81. The van der Waals surface area contributed by atoms with E-state index in [-0.39, 0.29) is 18.2 Å². The molecule has 9 heteroatoms. The second-order valence-electron chi connectivity index (χ2n) is 5.83. The first-order valence-electron chi connectivity index (χ1n) is 7.84. The molecule has 0 aliphatic carbocycles. The topological polar surface area (TPSA) is 115 Å².